The van der Waals surface area contributed by atoms with Gasteiger partial charge in [0.25, 0.3) is 0 Å². The molecule has 1 heterocycles. The van der Waals surface area contributed by atoms with Crippen molar-refractivity contribution >= 4 is 12.1 Å². The van der Waals surface area contributed by atoms with Gasteiger partial charge in [-0.15, -0.1) is 0 Å². The molecule has 1 amide bonds. The van der Waals surface area contributed by atoms with Crippen LogP contribution in [0, 0.1) is 0 Å². The molecule has 1 saturated heterocycles. The van der Waals surface area contributed by atoms with Crippen molar-refractivity contribution in [2.24, 2.45) is 5.11 Å². The van der Waals surface area contributed by atoms with Crippen LogP contribution < -0.4 is 0 Å². The minimum absolute atomic E-state index is 0.0889. The van der Waals surface area contributed by atoms with Crippen LogP contribution in [0.15, 0.2) is 47.6 Å². The van der Waals surface area contributed by atoms with Crippen LogP contribution in [0.1, 0.15) is 46.1 Å². The first-order chi connectivity index (χ1) is 13.7. The Hall–Kier alpha value is -2.99. The molecular formula is C21H28N4O4. The van der Waals surface area contributed by atoms with Crippen LogP contribution in [-0.4, -0.2) is 40.7 Å². The summed E-state index contributed by atoms with van der Waals surface area (Å²) in [5.41, 5.74) is 7.69. The number of carbonyl (C=O) groups is 2. The molecule has 1 aliphatic rings. The standard InChI is InChI=1S/C21H28N4O4/c1-5-6-12-21(18(26)28-15-16-10-8-7-9-11-16)13-17(23-24-22)14-25(21)19(27)29-20(2,3)4/h5-11,17H,12-15H2,1-4H3/t17-,21?/m0/s1. The lowest BCUT2D eigenvalue weighted by molar-refractivity contribution is -0.157. The van der Waals surface area contributed by atoms with Crippen LogP contribution >= 0.6 is 0 Å². The largest absolute Gasteiger partial charge is 0.459 e. The maximum Gasteiger partial charge on any atom is 0.411 e. The molecule has 8 nitrogen and oxygen atoms in total. The van der Waals surface area contributed by atoms with E-state index in [0.717, 1.165) is 5.56 Å². The maximum absolute atomic E-state index is 13.2. The van der Waals surface area contributed by atoms with Crippen molar-refractivity contribution in [3.8, 4) is 0 Å². The molecule has 1 aliphatic heterocycles. The Bertz CT molecular complexity index is 797. The number of rotatable bonds is 6. The zero-order chi connectivity index (χ0) is 21.5. The molecule has 0 aromatic heterocycles. The highest BCUT2D eigenvalue weighted by Crippen LogP contribution is 2.37. The molecule has 1 aromatic carbocycles. The van der Waals surface area contributed by atoms with Gasteiger partial charge in [0.05, 0.1) is 6.04 Å². The molecule has 8 heteroatoms. The summed E-state index contributed by atoms with van der Waals surface area (Å²) in [6, 6.07) is 8.77. The highest BCUT2D eigenvalue weighted by molar-refractivity contribution is 5.87. The number of esters is 1. The monoisotopic (exact) mass is 400 g/mol. The van der Waals surface area contributed by atoms with E-state index in [9.17, 15) is 9.59 Å². The fraction of sp³-hybridized carbons (Fsp3) is 0.524. The molecule has 2 atom stereocenters. The fourth-order valence-electron chi connectivity index (χ4n) is 3.31. The maximum atomic E-state index is 13.2. The number of azide groups is 1. The predicted octanol–water partition coefficient (Wildman–Crippen LogP) is 4.75. The molecule has 0 saturated carbocycles. The van der Waals surface area contributed by atoms with Crippen LogP contribution in [0.25, 0.3) is 10.4 Å². The molecule has 1 fully saturated rings. The van der Waals surface area contributed by atoms with Crippen LogP contribution in [-0.2, 0) is 20.9 Å². The van der Waals surface area contributed by atoms with E-state index in [4.69, 9.17) is 15.0 Å². The van der Waals surface area contributed by atoms with Gasteiger partial charge in [-0.25, -0.2) is 9.59 Å². The Labute approximate surface area is 171 Å². The molecule has 0 N–H and O–H groups in total. The minimum atomic E-state index is -1.29. The molecule has 0 aliphatic carbocycles. The van der Waals surface area contributed by atoms with Crippen molar-refractivity contribution in [2.75, 3.05) is 6.54 Å². The van der Waals surface area contributed by atoms with Gasteiger partial charge in [0, 0.05) is 11.5 Å². The second-order valence-corrected chi connectivity index (χ2v) is 8.02. The van der Waals surface area contributed by atoms with Crippen LogP contribution in [0.5, 0.6) is 0 Å². The Balaban J connectivity index is 2.34. The van der Waals surface area contributed by atoms with E-state index in [1.165, 1.54) is 4.90 Å². The topological polar surface area (TPSA) is 105 Å². The summed E-state index contributed by atoms with van der Waals surface area (Å²) in [6.07, 6.45) is 3.40. The van der Waals surface area contributed by atoms with Crippen molar-refractivity contribution in [3.63, 3.8) is 0 Å². The Kier molecular flexibility index (Phi) is 7.29. The third-order valence-corrected chi connectivity index (χ3v) is 4.60. The summed E-state index contributed by atoms with van der Waals surface area (Å²) in [4.78, 5) is 30.4. The van der Waals surface area contributed by atoms with Gasteiger partial charge in [-0.05, 0) is 51.6 Å². The quantitative estimate of drug-likeness (QED) is 0.226. The number of nitrogens with zero attached hydrogens (tertiary/aromatic N) is 4. The SMILES string of the molecule is CC=CCC1(C(=O)OCc2ccccc2)C[C@H](N=[N+]=[N-])CN1C(=O)OC(C)(C)C. The molecule has 1 unspecified atom stereocenters. The average Bonchev–Trinajstić information content (AvgIpc) is 3.04. The first kappa shape index (κ1) is 22.3. The lowest BCUT2D eigenvalue weighted by Crippen LogP contribution is -2.54. The first-order valence-corrected chi connectivity index (χ1v) is 9.59. The number of hydrogen-bond acceptors (Lipinski definition) is 5. The van der Waals surface area contributed by atoms with Gasteiger partial charge in [-0.3, -0.25) is 4.90 Å². The highest BCUT2D eigenvalue weighted by Gasteiger charge is 2.54. The molecule has 156 valence electrons. The molecule has 0 bridgehead atoms. The smallest absolute Gasteiger partial charge is 0.411 e. The Morgan fingerprint density at radius 1 is 1.34 bits per heavy atom. The third-order valence-electron chi connectivity index (χ3n) is 4.60. The average molecular weight is 400 g/mol. The number of benzene rings is 1. The van der Waals surface area contributed by atoms with Crippen molar-refractivity contribution < 1.29 is 19.1 Å². The van der Waals surface area contributed by atoms with E-state index in [1.54, 1.807) is 32.9 Å². The normalized spacial score (nSPS) is 21.7. The van der Waals surface area contributed by atoms with Crippen molar-refractivity contribution in [1.82, 2.24) is 4.90 Å². The van der Waals surface area contributed by atoms with Crippen LogP contribution in [0.3, 0.4) is 0 Å². The van der Waals surface area contributed by atoms with Crippen LogP contribution in [0.4, 0.5) is 4.79 Å². The zero-order valence-electron chi connectivity index (χ0n) is 17.4. The summed E-state index contributed by atoms with van der Waals surface area (Å²) in [6.45, 7) is 7.29. The molecule has 1 aromatic rings. The number of allylic oxidation sites excluding steroid dienone is 1. The van der Waals surface area contributed by atoms with E-state index in [1.807, 2.05) is 37.3 Å². The summed E-state index contributed by atoms with van der Waals surface area (Å²) in [5, 5.41) is 3.76. The van der Waals surface area contributed by atoms with Gasteiger partial charge < -0.3 is 9.47 Å². The van der Waals surface area contributed by atoms with E-state index >= 15 is 0 Å². The zero-order valence-corrected chi connectivity index (χ0v) is 17.4. The lowest BCUT2D eigenvalue weighted by atomic mass is 9.90. The summed E-state index contributed by atoms with van der Waals surface area (Å²) in [5.74, 6) is -0.541. The minimum Gasteiger partial charge on any atom is -0.459 e. The van der Waals surface area contributed by atoms with Gasteiger partial charge >= 0.3 is 12.1 Å². The Morgan fingerprint density at radius 3 is 2.62 bits per heavy atom. The van der Waals surface area contributed by atoms with Gasteiger partial charge in [-0.1, -0.05) is 47.6 Å². The number of ether oxygens (including phenoxy) is 2. The summed E-state index contributed by atoms with van der Waals surface area (Å²) < 4.78 is 11.1. The number of likely N-dealkylation sites (tertiary alicyclic amines) is 1. The van der Waals surface area contributed by atoms with E-state index in [-0.39, 0.29) is 26.0 Å². The van der Waals surface area contributed by atoms with Gasteiger partial charge in [0.2, 0.25) is 0 Å². The summed E-state index contributed by atoms with van der Waals surface area (Å²) in [7, 11) is 0. The van der Waals surface area contributed by atoms with Crippen molar-refractivity contribution in [2.45, 2.75) is 64.3 Å². The Morgan fingerprint density at radius 2 is 2.03 bits per heavy atom. The van der Waals surface area contributed by atoms with Gasteiger partial charge in [0.15, 0.2) is 0 Å². The predicted molar refractivity (Wildman–Crippen MR) is 109 cm³/mol. The molecule has 0 spiro atoms. The van der Waals surface area contributed by atoms with Gasteiger partial charge in [-0.2, -0.15) is 0 Å². The van der Waals surface area contributed by atoms with E-state index in [2.05, 4.69) is 10.0 Å². The number of carbonyl (C=O) groups excluding carboxylic acids is 2. The molecule has 29 heavy (non-hydrogen) atoms. The number of hydrogen-bond donors (Lipinski definition) is 0. The molecule has 2 rings (SSSR count). The second kappa shape index (κ2) is 9.47. The third kappa shape index (κ3) is 5.74. The van der Waals surface area contributed by atoms with E-state index < -0.39 is 29.2 Å². The fourth-order valence-corrected chi connectivity index (χ4v) is 3.31. The number of amides is 1. The molecule has 0 radical (unpaired) electrons. The second-order valence-electron chi connectivity index (χ2n) is 8.02. The summed E-state index contributed by atoms with van der Waals surface area (Å²) >= 11 is 0. The van der Waals surface area contributed by atoms with Crippen molar-refractivity contribution in [3.05, 3.63) is 58.5 Å². The van der Waals surface area contributed by atoms with Crippen molar-refractivity contribution in [1.29, 1.82) is 0 Å². The first-order valence-electron chi connectivity index (χ1n) is 9.59. The highest BCUT2D eigenvalue weighted by atomic mass is 16.6. The molecular weight excluding hydrogens is 372 g/mol. The van der Waals surface area contributed by atoms with Crippen LogP contribution in [0.2, 0.25) is 0 Å². The lowest BCUT2D eigenvalue weighted by Gasteiger charge is -2.36. The van der Waals surface area contributed by atoms with E-state index in [0.29, 0.717) is 0 Å². The van der Waals surface area contributed by atoms with Gasteiger partial charge in [0.1, 0.15) is 17.7 Å².